The fraction of sp³-hybridized carbons (Fsp3) is 0.412. The van der Waals surface area contributed by atoms with Gasteiger partial charge in [-0.25, -0.2) is 0 Å². The van der Waals surface area contributed by atoms with E-state index >= 15 is 0 Å². The summed E-state index contributed by atoms with van der Waals surface area (Å²) in [5.41, 5.74) is -0.0423. The average molecular weight is 368 g/mol. The Bertz CT molecular complexity index is 708. The molecule has 2 aromatic rings. The van der Waals surface area contributed by atoms with E-state index in [1.807, 2.05) is 0 Å². The van der Waals surface area contributed by atoms with Crippen molar-refractivity contribution in [3.63, 3.8) is 0 Å². The molecule has 0 radical (unpaired) electrons. The normalized spacial score (nSPS) is 12.7. The minimum absolute atomic E-state index is 0.0272. The SMILES string of the molecule is CCC(=O)N(CCc1ccc(C(F)(F)F)nc1)CC(O)c1cccnn1. The maximum atomic E-state index is 12.5. The van der Waals surface area contributed by atoms with Crippen LogP contribution in [0.1, 0.15) is 36.4 Å². The Morgan fingerprint density at radius 1 is 1.31 bits per heavy atom. The van der Waals surface area contributed by atoms with Gasteiger partial charge in [0.15, 0.2) is 0 Å². The van der Waals surface area contributed by atoms with Crippen molar-refractivity contribution in [2.24, 2.45) is 0 Å². The van der Waals surface area contributed by atoms with Crippen LogP contribution in [0, 0.1) is 0 Å². The van der Waals surface area contributed by atoms with Crippen LogP contribution >= 0.6 is 0 Å². The highest BCUT2D eigenvalue weighted by Gasteiger charge is 2.32. The number of alkyl halides is 3. The fourth-order valence-corrected chi connectivity index (χ4v) is 2.34. The number of pyridine rings is 1. The van der Waals surface area contributed by atoms with E-state index in [0.29, 0.717) is 17.7 Å². The van der Waals surface area contributed by atoms with Crippen LogP contribution < -0.4 is 0 Å². The Morgan fingerprint density at radius 2 is 2.08 bits per heavy atom. The molecule has 2 rings (SSSR count). The van der Waals surface area contributed by atoms with Crippen LogP contribution in [0.4, 0.5) is 13.2 Å². The summed E-state index contributed by atoms with van der Waals surface area (Å²) in [6.07, 6.45) is -2.28. The number of hydrogen-bond donors (Lipinski definition) is 1. The minimum Gasteiger partial charge on any atom is -0.385 e. The summed E-state index contributed by atoms with van der Waals surface area (Å²) < 4.78 is 37.6. The number of aromatic nitrogens is 3. The van der Waals surface area contributed by atoms with Gasteiger partial charge in [-0.2, -0.15) is 23.4 Å². The van der Waals surface area contributed by atoms with Gasteiger partial charge < -0.3 is 10.0 Å². The first-order chi connectivity index (χ1) is 12.3. The van der Waals surface area contributed by atoms with Gasteiger partial charge in [-0.05, 0) is 30.2 Å². The number of carbonyl (C=O) groups excluding carboxylic acids is 1. The summed E-state index contributed by atoms with van der Waals surface area (Å²) in [5, 5.41) is 17.7. The van der Waals surface area contributed by atoms with Gasteiger partial charge in [-0.15, -0.1) is 0 Å². The zero-order chi connectivity index (χ0) is 19.2. The molecule has 6 nitrogen and oxygen atoms in total. The van der Waals surface area contributed by atoms with E-state index in [0.717, 1.165) is 12.3 Å². The van der Waals surface area contributed by atoms with Crippen LogP contribution in [-0.4, -0.2) is 44.2 Å². The van der Waals surface area contributed by atoms with Gasteiger partial charge in [-0.3, -0.25) is 9.78 Å². The van der Waals surface area contributed by atoms with Crippen LogP contribution in [0.15, 0.2) is 36.7 Å². The second-order valence-corrected chi connectivity index (χ2v) is 5.66. The smallest absolute Gasteiger partial charge is 0.385 e. The molecule has 0 saturated heterocycles. The van der Waals surface area contributed by atoms with Crippen molar-refractivity contribution in [2.75, 3.05) is 13.1 Å². The molecule has 2 heterocycles. The highest BCUT2D eigenvalue weighted by molar-refractivity contribution is 5.75. The number of nitrogens with zero attached hydrogens (tertiary/aromatic N) is 4. The molecule has 1 N–H and O–H groups in total. The van der Waals surface area contributed by atoms with Crippen molar-refractivity contribution in [3.8, 4) is 0 Å². The van der Waals surface area contributed by atoms with Crippen molar-refractivity contribution in [2.45, 2.75) is 32.0 Å². The molecule has 0 aliphatic rings. The second kappa shape index (κ2) is 8.70. The molecular formula is C17H19F3N4O2. The standard InChI is InChI=1S/C17H19F3N4O2/c1-2-16(26)24(11-14(25)13-4-3-8-22-23-13)9-7-12-5-6-15(21-10-12)17(18,19)20/h3-6,8,10,14,25H,2,7,9,11H2,1H3. The lowest BCUT2D eigenvalue weighted by molar-refractivity contribution is -0.141. The van der Waals surface area contributed by atoms with Gasteiger partial charge in [0.1, 0.15) is 11.8 Å². The van der Waals surface area contributed by atoms with Gasteiger partial charge in [-0.1, -0.05) is 13.0 Å². The predicted molar refractivity (Wildman–Crippen MR) is 86.8 cm³/mol. The van der Waals surface area contributed by atoms with Crippen molar-refractivity contribution < 1.29 is 23.1 Å². The quantitative estimate of drug-likeness (QED) is 0.812. The molecule has 0 bridgehead atoms. The Balaban J connectivity index is 2.01. The van der Waals surface area contributed by atoms with E-state index in [9.17, 15) is 23.1 Å². The number of carbonyl (C=O) groups is 1. The molecule has 2 aromatic heterocycles. The van der Waals surface area contributed by atoms with Crippen LogP contribution in [-0.2, 0) is 17.4 Å². The molecule has 0 fully saturated rings. The summed E-state index contributed by atoms with van der Waals surface area (Å²) in [6, 6.07) is 5.48. The van der Waals surface area contributed by atoms with E-state index in [2.05, 4.69) is 15.2 Å². The van der Waals surface area contributed by atoms with Crippen molar-refractivity contribution >= 4 is 5.91 Å². The number of halogens is 3. The number of aliphatic hydroxyl groups is 1. The summed E-state index contributed by atoms with van der Waals surface area (Å²) in [5.74, 6) is -0.173. The lowest BCUT2D eigenvalue weighted by Crippen LogP contribution is -2.36. The van der Waals surface area contributed by atoms with Crippen LogP contribution in [0.25, 0.3) is 0 Å². The van der Waals surface area contributed by atoms with Gasteiger partial charge in [0.2, 0.25) is 5.91 Å². The molecule has 1 amide bonds. The summed E-state index contributed by atoms with van der Waals surface area (Å²) in [6.45, 7) is 1.97. The highest BCUT2D eigenvalue weighted by atomic mass is 19.4. The monoisotopic (exact) mass is 368 g/mol. The third-order valence-corrected chi connectivity index (χ3v) is 3.77. The van der Waals surface area contributed by atoms with Crippen LogP contribution in [0.3, 0.4) is 0 Å². The molecule has 1 unspecified atom stereocenters. The maximum absolute atomic E-state index is 12.5. The number of aliphatic hydroxyl groups excluding tert-OH is 1. The molecule has 9 heteroatoms. The molecule has 0 aliphatic carbocycles. The maximum Gasteiger partial charge on any atom is 0.433 e. The minimum atomic E-state index is -4.48. The largest absolute Gasteiger partial charge is 0.433 e. The van der Waals surface area contributed by atoms with Crippen molar-refractivity contribution in [3.05, 3.63) is 53.6 Å². The Kier molecular flexibility index (Phi) is 6.62. The molecule has 0 aromatic carbocycles. The Labute approximate surface area is 148 Å². The zero-order valence-corrected chi connectivity index (χ0v) is 14.1. The number of rotatable bonds is 7. The highest BCUT2D eigenvalue weighted by Crippen LogP contribution is 2.27. The molecule has 0 spiro atoms. The third-order valence-electron chi connectivity index (χ3n) is 3.77. The lowest BCUT2D eigenvalue weighted by Gasteiger charge is -2.24. The van der Waals surface area contributed by atoms with E-state index in [1.165, 1.54) is 17.2 Å². The number of hydrogen-bond acceptors (Lipinski definition) is 5. The third kappa shape index (κ3) is 5.48. The molecule has 0 aliphatic heterocycles. The second-order valence-electron chi connectivity index (χ2n) is 5.66. The predicted octanol–water partition coefficient (Wildman–Crippen LogP) is 2.41. The van der Waals surface area contributed by atoms with Crippen molar-refractivity contribution in [1.82, 2.24) is 20.1 Å². The van der Waals surface area contributed by atoms with Crippen molar-refractivity contribution in [1.29, 1.82) is 0 Å². The Hall–Kier alpha value is -2.55. The summed E-state index contributed by atoms with van der Waals surface area (Å²) in [7, 11) is 0. The summed E-state index contributed by atoms with van der Waals surface area (Å²) >= 11 is 0. The van der Waals surface area contributed by atoms with Crippen LogP contribution in [0.2, 0.25) is 0 Å². The molecule has 140 valence electrons. The average Bonchev–Trinajstić information content (AvgIpc) is 2.64. The topological polar surface area (TPSA) is 79.2 Å². The number of amides is 1. The summed E-state index contributed by atoms with van der Waals surface area (Å²) in [4.78, 5) is 17.0. The molecule has 26 heavy (non-hydrogen) atoms. The molecule has 0 saturated carbocycles. The van der Waals surface area contributed by atoms with E-state index in [1.54, 1.807) is 19.1 Å². The Morgan fingerprint density at radius 3 is 2.62 bits per heavy atom. The van der Waals surface area contributed by atoms with E-state index < -0.39 is 18.0 Å². The first-order valence-corrected chi connectivity index (χ1v) is 8.06. The van der Waals surface area contributed by atoms with E-state index in [-0.39, 0.29) is 25.4 Å². The van der Waals surface area contributed by atoms with E-state index in [4.69, 9.17) is 0 Å². The first-order valence-electron chi connectivity index (χ1n) is 8.06. The van der Waals surface area contributed by atoms with Gasteiger partial charge >= 0.3 is 6.18 Å². The lowest BCUT2D eigenvalue weighted by atomic mass is 10.1. The molecular weight excluding hydrogens is 349 g/mol. The van der Waals surface area contributed by atoms with Gasteiger partial charge in [0, 0.05) is 25.4 Å². The van der Waals surface area contributed by atoms with Crippen LogP contribution in [0.5, 0.6) is 0 Å². The fourth-order valence-electron chi connectivity index (χ4n) is 2.34. The van der Waals surface area contributed by atoms with Gasteiger partial charge in [0.25, 0.3) is 0 Å². The van der Waals surface area contributed by atoms with Gasteiger partial charge in [0.05, 0.1) is 12.2 Å². The first kappa shape index (κ1) is 19.8. The molecule has 1 atom stereocenters. The zero-order valence-electron chi connectivity index (χ0n) is 14.1.